The SMILES string of the molecule is N#CCN(Cc1ccc(Cl)c(F)c1)C1CCCC1. The highest BCUT2D eigenvalue weighted by Gasteiger charge is 2.22. The Balaban J connectivity index is 2.07. The van der Waals surface area contributed by atoms with Crippen LogP contribution in [-0.4, -0.2) is 17.5 Å². The zero-order chi connectivity index (χ0) is 13.0. The Kier molecular flexibility index (Phi) is 4.57. The van der Waals surface area contributed by atoms with Gasteiger partial charge in [0.2, 0.25) is 0 Å². The minimum absolute atomic E-state index is 0.145. The summed E-state index contributed by atoms with van der Waals surface area (Å²) in [6.07, 6.45) is 4.72. The van der Waals surface area contributed by atoms with Crippen molar-refractivity contribution in [2.75, 3.05) is 6.54 Å². The quantitative estimate of drug-likeness (QED) is 0.776. The van der Waals surface area contributed by atoms with Gasteiger partial charge in [0.15, 0.2) is 0 Å². The largest absolute Gasteiger partial charge is 0.283 e. The molecule has 0 bridgehead atoms. The molecule has 2 rings (SSSR count). The van der Waals surface area contributed by atoms with Gasteiger partial charge in [0.1, 0.15) is 5.82 Å². The van der Waals surface area contributed by atoms with E-state index in [-0.39, 0.29) is 5.02 Å². The van der Waals surface area contributed by atoms with Crippen LogP contribution >= 0.6 is 11.6 Å². The van der Waals surface area contributed by atoms with Crippen molar-refractivity contribution >= 4 is 11.6 Å². The van der Waals surface area contributed by atoms with Crippen LogP contribution in [-0.2, 0) is 6.54 Å². The third-order valence-corrected chi connectivity index (χ3v) is 3.79. The van der Waals surface area contributed by atoms with Gasteiger partial charge in [-0.15, -0.1) is 0 Å². The Morgan fingerprint density at radius 3 is 2.72 bits per heavy atom. The van der Waals surface area contributed by atoms with Crippen LogP contribution in [0.4, 0.5) is 4.39 Å². The molecule has 1 fully saturated rings. The van der Waals surface area contributed by atoms with Gasteiger partial charge in [-0.1, -0.05) is 30.5 Å². The third-order valence-electron chi connectivity index (χ3n) is 3.48. The molecule has 0 aromatic heterocycles. The molecule has 4 heteroatoms. The first-order chi connectivity index (χ1) is 8.70. The fraction of sp³-hybridized carbons (Fsp3) is 0.500. The highest BCUT2D eigenvalue weighted by atomic mass is 35.5. The monoisotopic (exact) mass is 266 g/mol. The molecule has 96 valence electrons. The lowest BCUT2D eigenvalue weighted by Gasteiger charge is -2.26. The summed E-state index contributed by atoms with van der Waals surface area (Å²) in [5.74, 6) is -0.391. The van der Waals surface area contributed by atoms with Crippen molar-refractivity contribution in [3.8, 4) is 6.07 Å². The van der Waals surface area contributed by atoms with Crippen LogP contribution < -0.4 is 0 Å². The summed E-state index contributed by atoms with van der Waals surface area (Å²) in [5.41, 5.74) is 0.874. The normalized spacial score (nSPS) is 16.1. The number of rotatable bonds is 4. The minimum Gasteiger partial charge on any atom is -0.283 e. The predicted molar refractivity (Wildman–Crippen MR) is 69.7 cm³/mol. The van der Waals surface area contributed by atoms with E-state index >= 15 is 0 Å². The van der Waals surface area contributed by atoms with Crippen LogP contribution in [0, 0.1) is 17.1 Å². The van der Waals surface area contributed by atoms with Crippen LogP contribution in [0.3, 0.4) is 0 Å². The van der Waals surface area contributed by atoms with Crippen molar-refractivity contribution in [3.63, 3.8) is 0 Å². The maximum atomic E-state index is 13.4. The van der Waals surface area contributed by atoms with Gasteiger partial charge in [-0.3, -0.25) is 4.90 Å². The fourth-order valence-electron chi connectivity index (χ4n) is 2.55. The highest BCUT2D eigenvalue weighted by molar-refractivity contribution is 6.30. The van der Waals surface area contributed by atoms with Crippen molar-refractivity contribution in [3.05, 3.63) is 34.6 Å². The molecule has 1 aromatic carbocycles. The first-order valence-corrected chi connectivity index (χ1v) is 6.63. The van der Waals surface area contributed by atoms with E-state index in [1.165, 1.54) is 18.9 Å². The second-order valence-corrected chi connectivity index (χ2v) is 5.16. The van der Waals surface area contributed by atoms with Gasteiger partial charge in [0, 0.05) is 12.6 Å². The molecule has 1 aromatic rings. The van der Waals surface area contributed by atoms with E-state index in [2.05, 4.69) is 11.0 Å². The van der Waals surface area contributed by atoms with Gasteiger partial charge in [0.05, 0.1) is 17.6 Å². The summed E-state index contributed by atoms with van der Waals surface area (Å²) < 4.78 is 13.4. The number of halogens is 2. The molecule has 0 spiro atoms. The number of nitrogens with zero attached hydrogens (tertiary/aromatic N) is 2. The molecule has 0 radical (unpaired) electrons. The number of hydrogen-bond acceptors (Lipinski definition) is 2. The second kappa shape index (κ2) is 6.17. The van der Waals surface area contributed by atoms with Crippen LogP contribution in [0.25, 0.3) is 0 Å². The smallest absolute Gasteiger partial charge is 0.142 e. The van der Waals surface area contributed by atoms with E-state index in [0.717, 1.165) is 18.4 Å². The average Bonchev–Trinajstić information content (AvgIpc) is 2.87. The Bertz CT molecular complexity index is 450. The minimum atomic E-state index is -0.391. The molecule has 1 aliphatic carbocycles. The summed E-state index contributed by atoms with van der Waals surface area (Å²) in [6.45, 7) is 1.02. The first kappa shape index (κ1) is 13.3. The molecule has 0 heterocycles. The Morgan fingerprint density at radius 1 is 1.39 bits per heavy atom. The molecule has 0 N–H and O–H groups in total. The lowest BCUT2D eigenvalue weighted by atomic mass is 10.1. The summed E-state index contributed by atoms with van der Waals surface area (Å²) in [6, 6.07) is 7.52. The Morgan fingerprint density at radius 2 is 2.11 bits per heavy atom. The average molecular weight is 267 g/mol. The van der Waals surface area contributed by atoms with Gasteiger partial charge < -0.3 is 0 Å². The third kappa shape index (κ3) is 3.22. The lowest BCUT2D eigenvalue weighted by Crippen LogP contribution is -2.33. The van der Waals surface area contributed by atoms with E-state index in [9.17, 15) is 4.39 Å². The number of benzene rings is 1. The summed E-state index contributed by atoms with van der Waals surface area (Å²) in [5, 5.41) is 9.03. The van der Waals surface area contributed by atoms with Crippen LogP contribution in [0.15, 0.2) is 18.2 Å². The van der Waals surface area contributed by atoms with Gasteiger partial charge >= 0.3 is 0 Å². The van der Waals surface area contributed by atoms with Crippen LogP contribution in [0.2, 0.25) is 5.02 Å². The molecular weight excluding hydrogens is 251 g/mol. The van der Waals surface area contributed by atoms with Gasteiger partial charge in [0.25, 0.3) is 0 Å². The fourth-order valence-corrected chi connectivity index (χ4v) is 2.66. The van der Waals surface area contributed by atoms with E-state index in [4.69, 9.17) is 16.9 Å². The molecule has 0 atom stereocenters. The molecule has 2 nitrogen and oxygen atoms in total. The Labute approximate surface area is 112 Å². The summed E-state index contributed by atoms with van der Waals surface area (Å²) >= 11 is 5.66. The molecule has 18 heavy (non-hydrogen) atoms. The standard InChI is InChI=1S/C14H16ClFN2/c15-13-6-5-11(9-14(13)16)10-18(8-7-17)12-3-1-2-4-12/h5-6,9,12H,1-4,8,10H2. The van der Waals surface area contributed by atoms with Crippen molar-refractivity contribution < 1.29 is 4.39 Å². The molecule has 0 amide bonds. The maximum Gasteiger partial charge on any atom is 0.142 e. The summed E-state index contributed by atoms with van der Waals surface area (Å²) in [4.78, 5) is 2.13. The van der Waals surface area contributed by atoms with Crippen molar-refractivity contribution in [2.24, 2.45) is 0 Å². The number of nitriles is 1. The predicted octanol–water partition coefficient (Wildman–Crippen LogP) is 3.75. The topological polar surface area (TPSA) is 27.0 Å². The summed E-state index contributed by atoms with van der Waals surface area (Å²) in [7, 11) is 0. The second-order valence-electron chi connectivity index (χ2n) is 4.75. The van der Waals surface area contributed by atoms with E-state index in [0.29, 0.717) is 19.1 Å². The van der Waals surface area contributed by atoms with E-state index in [1.54, 1.807) is 6.07 Å². The van der Waals surface area contributed by atoms with Gasteiger partial charge in [-0.25, -0.2) is 4.39 Å². The molecule has 1 saturated carbocycles. The van der Waals surface area contributed by atoms with Crippen molar-refractivity contribution in [2.45, 2.75) is 38.3 Å². The van der Waals surface area contributed by atoms with Crippen molar-refractivity contribution in [1.29, 1.82) is 5.26 Å². The molecular formula is C14H16ClFN2. The van der Waals surface area contributed by atoms with Crippen molar-refractivity contribution in [1.82, 2.24) is 4.90 Å². The molecule has 0 unspecified atom stereocenters. The van der Waals surface area contributed by atoms with E-state index in [1.807, 2.05) is 6.07 Å². The Hall–Kier alpha value is -1.11. The first-order valence-electron chi connectivity index (χ1n) is 6.25. The zero-order valence-electron chi connectivity index (χ0n) is 10.2. The van der Waals surface area contributed by atoms with Crippen LogP contribution in [0.1, 0.15) is 31.2 Å². The van der Waals surface area contributed by atoms with E-state index < -0.39 is 5.82 Å². The highest BCUT2D eigenvalue weighted by Crippen LogP contribution is 2.25. The van der Waals surface area contributed by atoms with Crippen LogP contribution in [0.5, 0.6) is 0 Å². The lowest BCUT2D eigenvalue weighted by molar-refractivity contribution is 0.214. The molecule has 0 saturated heterocycles. The molecule has 1 aliphatic rings. The van der Waals surface area contributed by atoms with Gasteiger partial charge in [-0.05, 0) is 30.5 Å². The zero-order valence-corrected chi connectivity index (χ0v) is 11.0. The van der Waals surface area contributed by atoms with Gasteiger partial charge in [-0.2, -0.15) is 5.26 Å². The number of hydrogen-bond donors (Lipinski definition) is 0. The maximum absolute atomic E-state index is 13.4. The molecule has 0 aliphatic heterocycles.